The van der Waals surface area contributed by atoms with E-state index in [4.69, 9.17) is 4.52 Å². The maximum absolute atomic E-state index is 9.83. The fourth-order valence-electron chi connectivity index (χ4n) is 2.32. The van der Waals surface area contributed by atoms with Gasteiger partial charge in [0.15, 0.2) is 0 Å². The van der Waals surface area contributed by atoms with Crippen molar-refractivity contribution in [2.24, 2.45) is 5.92 Å². The summed E-state index contributed by atoms with van der Waals surface area (Å²) in [7, 11) is 0. The molecule has 0 radical (unpaired) electrons. The first-order valence-corrected chi connectivity index (χ1v) is 6.57. The molecule has 1 N–H and O–H groups in total. The van der Waals surface area contributed by atoms with Crippen molar-refractivity contribution >= 4 is 0 Å². The zero-order valence-electron chi connectivity index (χ0n) is 11.8. The first-order chi connectivity index (χ1) is 8.99. The van der Waals surface area contributed by atoms with Crippen molar-refractivity contribution in [3.05, 3.63) is 35.7 Å². The molecular formula is C15H20N2O2. The zero-order valence-corrected chi connectivity index (χ0v) is 11.8. The maximum atomic E-state index is 9.83. The number of hydrogen-bond acceptors (Lipinski definition) is 4. The smallest absolute Gasteiger partial charge is 0.232 e. The Bertz CT molecular complexity index is 539. The third-order valence-electron chi connectivity index (χ3n) is 3.24. The van der Waals surface area contributed by atoms with E-state index in [0.717, 1.165) is 11.1 Å². The van der Waals surface area contributed by atoms with E-state index in [-0.39, 0.29) is 11.8 Å². The van der Waals surface area contributed by atoms with Crippen LogP contribution in [0.15, 0.2) is 28.8 Å². The van der Waals surface area contributed by atoms with Gasteiger partial charge in [-0.1, -0.05) is 42.8 Å². The van der Waals surface area contributed by atoms with Crippen LogP contribution in [0, 0.1) is 12.8 Å². The first-order valence-electron chi connectivity index (χ1n) is 6.57. The van der Waals surface area contributed by atoms with Crippen molar-refractivity contribution in [1.29, 1.82) is 0 Å². The molecule has 19 heavy (non-hydrogen) atoms. The van der Waals surface area contributed by atoms with E-state index in [1.165, 1.54) is 0 Å². The summed E-state index contributed by atoms with van der Waals surface area (Å²) >= 11 is 0. The van der Waals surface area contributed by atoms with Crippen LogP contribution < -0.4 is 0 Å². The Labute approximate surface area is 113 Å². The van der Waals surface area contributed by atoms with Crippen molar-refractivity contribution < 1.29 is 9.63 Å². The molecule has 2 unspecified atom stereocenters. The van der Waals surface area contributed by atoms with Crippen molar-refractivity contribution in [2.75, 3.05) is 0 Å². The van der Waals surface area contributed by atoms with E-state index in [0.29, 0.717) is 11.7 Å². The Kier molecular flexibility index (Phi) is 4.00. The molecule has 2 atom stereocenters. The predicted octanol–water partition coefficient (Wildman–Crippen LogP) is 3.17. The number of aliphatic hydroxyl groups excluding tert-OH is 1. The molecule has 0 aliphatic rings. The number of benzene rings is 1. The second kappa shape index (κ2) is 5.53. The topological polar surface area (TPSA) is 59.2 Å². The summed E-state index contributed by atoms with van der Waals surface area (Å²) < 4.78 is 5.32. The van der Waals surface area contributed by atoms with Crippen LogP contribution in [0.3, 0.4) is 0 Å². The minimum atomic E-state index is -0.509. The number of hydrogen-bond donors (Lipinski definition) is 1. The van der Waals surface area contributed by atoms with Crippen LogP contribution in [0.4, 0.5) is 0 Å². The number of nitrogens with zero attached hydrogens (tertiary/aromatic N) is 2. The standard InChI is InChI=1S/C15H20N2O2/c1-9(2)13(11(4)18)15-16-14(17-19-15)12-7-5-6-10(3)8-12/h5-9,11,13,18H,1-4H3. The lowest BCUT2D eigenvalue weighted by Gasteiger charge is -2.19. The minimum absolute atomic E-state index is 0.133. The summed E-state index contributed by atoms with van der Waals surface area (Å²) in [6.45, 7) is 7.85. The van der Waals surface area contributed by atoms with Crippen LogP contribution in [0.5, 0.6) is 0 Å². The van der Waals surface area contributed by atoms with Gasteiger partial charge in [-0.2, -0.15) is 4.98 Å². The van der Waals surface area contributed by atoms with E-state index in [2.05, 4.69) is 10.1 Å². The van der Waals surface area contributed by atoms with E-state index in [9.17, 15) is 5.11 Å². The van der Waals surface area contributed by atoms with Crippen LogP contribution >= 0.6 is 0 Å². The fraction of sp³-hybridized carbons (Fsp3) is 0.467. The van der Waals surface area contributed by atoms with E-state index < -0.39 is 6.10 Å². The summed E-state index contributed by atoms with van der Waals surface area (Å²) in [6.07, 6.45) is -0.509. The molecule has 0 aliphatic carbocycles. The van der Waals surface area contributed by atoms with Gasteiger partial charge in [-0.3, -0.25) is 0 Å². The van der Waals surface area contributed by atoms with Gasteiger partial charge in [-0.05, 0) is 25.8 Å². The Morgan fingerprint density at radius 2 is 1.95 bits per heavy atom. The van der Waals surface area contributed by atoms with Crippen LogP contribution in [0.25, 0.3) is 11.4 Å². The summed E-state index contributed by atoms with van der Waals surface area (Å²) in [5.41, 5.74) is 2.09. The molecule has 0 saturated carbocycles. The summed E-state index contributed by atoms with van der Waals surface area (Å²) in [5.74, 6) is 1.18. The highest BCUT2D eigenvalue weighted by Gasteiger charge is 2.27. The highest BCUT2D eigenvalue weighted by atomic mass is 16.5. The van der Waals surface area contributed by atoms with Crippen molar-refractivity contribution in [3.8, 4) is 11.4 Å². The van der Waals surface area contributed by atoms with Gasteiger partial charge in [0.2, 0.25) is 11.7 Å². The van der Waals surface area contributed by atoms with Gasteiger partial charge in [0, 0.05) is 5.56 Å². The Hall–Kier alpha value is -1.68. The molecule has 1 heterocycles. The van der Waals surface area contributed by atoms with Gasteiger partial charge in [0.25, 0.3) is 0 Å². The summed E-state index contributed by atoms with van der Waals surface area (Å²) in [5, 5.41) is 13.8. The second-order valence-electron chi connectivity index (χ2n) is 5.34. The van der Waals surface area contributed by atoms with Gasteiger partial charge in [0.05, 0.1) is 12.0 Å². The summed E-state index contributed by atoms with van der Waals surface area (Å²) in [4.78, 5) is 4.43. The Morgan fingerprint density at radius 3 is 2.53 bits per heavy atom. The number of rotatable bonds is 4. The lowest BCUT2D eigenvalue weighted by atomic mass is 9.91. The average Bonchev–Trinajstić information content (AvgIpc) is 2.77. The van der Waals surface area contributed by atoms with E-state index in [1.54, 1.807) is 6.92 Å². The molecule has 2 aromatic rings. The van der Waals surface area contributed by atoms with Gasteiger partial charge in [-0.25, -0.2) is 0 Å². The monoisotopic (exact) mass is 260 g/mol. The van der Waals surface area contributed by atoms with Crippen LogP contribution in [-0.4, -0.2) is 21.4 Å². The first kappa shape index (κ1) is 13.7. The molecule has 0 bridgehead atoms. The normalized spacial score (nSPS) is 14.6. The molecule has 0 saturated heterocycles. The molecule has 2 rings (SSSR count). The van der Waals surface area contributed by atoms with E-state index in [1.807, 2.05) is 45.0 Å². The largest absolute Gasteiger partial charge is 0.393 e. The second-order valence-corrected chi connectivity index (χ2v) is 5.34. The average molecular weight is 260 g/mol. The highest BCUT2D eigenvalue weighted by molar-refractivity contribution is 5.55. The predicted molar refractivity (Wildman–Crippen MR) is 73.7 cm³/mol. The number of aryl methyl sites for hydroxylation is 1. The fourth-order valence-corrected chi connectivity index (χ4v) is 2.32. The quantitative estimate of drug-likeness (QED) is 0.917. The third-order valence-corrected chi connectivity index (χ3v) is 3.24. The van der Waals surface area contributed by atoms with Crippen molar-refractivity contribution in [1.82, 2.24) is 10.1 Å². The Balaban J connectivity index is 2.33. The van der Waals surface area contributed by atoms with Gasteiger partial charge < -0.3 is 9.63 Å². The zero-order chi connectivity index (χ0) is 14.0. The minimum Gasteiger partial charge on any atom is -0.393 e. The SMILES string of the molecule is Cc1cccc(-c2noc(C(C(C)C)C(C)O)n2)c1. The van der Waals surface area contributed by atoms with Crippen molar-refractivity contribution in [2.45, 2.75) is 39.7 Å². The molecule has 102 valence electrons. The number of aliphatic hydroxyl groups is 1. The van der Waals surface area contributed by atoms with Crippen LogP contribution in [-0.2, 0) is 0 Å². The molecule has 1 aromatic heterocycles. The van der Waals surface area contributed by atoms with E-state index >= 15 is 0 Å². The molecule has 0 spiro atoms. The maximum Gasteiger partial charge on any atom is 0.232 e. The van der Waals surface area contributed by atoms with Crippen LogP contribution in [0.2, 0.25) is 0 Å². The van der Waals surface area contributed by atoms with Crippen molar-refractivity contribution in [3.63, 3.8) is 0 Å². The lowest BCUT2D eigenvalue weighted by molar-refractivity contribution is 0.120. The molecule has 4 nitrogen and oxygen atoms in total. The molecule has 0 fully saturated rings. The third kappa shape index (κ3) is 3.01. The number of aromatic nitrogens is 2. The lowest BCUT2D eigenvalue weighted by Crippen LogP contribution is -2.20. The van der Waals surface area contributed by atoms with Crippen LogP contribution in [0.1, 0.15) is 38.1 Å². The highest BCUT2D eigenvalue weighted by Crippen LogP contribution is 2.28. The van der Waals surface area contributed by atoms with Gasteiger partial charge in [-0.15, -0.1) is 0 Å². The Morgan fingerprint density at radius 1 is 1.21 bits per heavy atom. The van der Waals surface area contributed by atoms with Gasteiger partial charge >= 0.3 is 0 Å². The molecular weight excluding hydrogens is 240 g/mol. The molecule has 1 aromatic carbocycles. The molecule has 0 amide bonds. The molecule has 4 heteroatoms. The molecule has 0 aliphatic heterocycles. The van der Waals surface area contributed by atoms with Gasteiger partial charge in [0.1, 0.15) is 0 Å². The summed E-state index contributed by atoms with van der Waals surface area (Å²) in [6, 6.07) is 7.96.